The van der Waals surface area contributed by atoms with Gasteiger partial charge in [-0.2, -0.15) is 5.26 Å². The highest BCUT2D eigenvalue weighted by Gasteiger charge is 2.54. The Labute approximate surface area is 172 Å². The molecule has 0 heterocycles. The molecule has 0 amide bonds. The zero-order valence-electron chi connectivity index (χ0n) is 17.3. The van der Waals surface area contributed by atoms with Crippen molar-refractivity contribution >= 4 is 11.4 Å². The predicted molar refractivity (Wildman–Crippen MR) is 112 cm³/mol. The summed E-state index contributed by atoms with van der Waals surface area (Å²) in [6.45, 7) is 3.79. The molecule has 29 heavy (non-hydrogen) atoms. The van der Waals surface area contributed by atoms with Gasteiger partial charge in [-0.3, -0.25) is 10.1 Å². The number of benzene rings is 1. The smallest absolute Gasteiger partial charge is 0.292 e. The minimum Gasteiger partial charge on any atom is -0.379 e. The zero-order valence-corrected chi connectivity index (χ0v) is 17.3. The van der Waals surface area contributed by atoms with E-state index >= 15 is 0 Å². The number of nitrogens with zero attached hydrogens (tertiary/aromatic N) is 2. The number of rotatable bonds is 8. The number of nitriles is 1. The van der Waals surface area contributed by atoms with Gasteiger partial charge in [0.25, 0.3) is 5.69 Å². The number of anilines is 1. The highest BCUT2D eigenvalue weighted by molar-refractivity contribution is 5.64. The Bertz CT molecular complexity index is 810. The summed E-state index contributed by atoms with van der Waals surface area (Å²) in [5, 5.41) is 23.8. The molecule has 3 saturated carbocycles. The van der Waals surface area contributed by atoms with E-state index in [-0.39, 0.29) is 16.2 Å². The van der Waals surface area contributed by atoms with Crippen LogP contribution in [-0.2, 0) is 4.74 Å². The lowest BCUT2D eigenvalue weighted by atomic mass is 9.69. The molecular formula is C23H31N3O3. The minimum absolute atomic E-state index is 0.0316. The summed E-state index contributed by atoms with van der Waals surface area (Å²) in [5.41, 5.74) is 1.20. The van der Waals surface area contributed by atoms with Crippen molar-refractivity contribution in [1.82, 2.24) is 0 Å². The van der Waals surface area contributed by atoms with Crippen LogP contribution in [0.5, 0.6) is 0 Å². The van der Waals surface area contributed by atoms with E-state index in [1.807, 2.05) is 0 Å². The first-order valence-corrected chi connectivity index (χ1v) is 11.0. The van der Waals surface area contributed by atoms with Crippen LogP contribution in [0.2, 0.25) is 0 Å². The Kier molecular flexibility index (Phi) is 5.52. The van der Waals surface area contributed by atoms with E-state index in [4.69, 9.17) is 10.00 Å². The van der Waals surface area contributed by atoms with Crippen LogP contribution in [0, 0.1) is 38.7 Å². The second-order valence-electron chi connectivity index (χ2n) is 9.63. The van der Waals surface area contributed by atoms with Gasteiger partial charge in [-0.25, -0.2) is 0 Å². The Morgan fingerprint density at radius 2 is 2.07 bits per heavy atom. The molecule has 1 N–H and O–H groups in total. The number of hydrogen-bond donors (Lipinski definition) is 1. The Morgan fingerprint density at radius 1 is 1.31 bits per heavy atom. The number of nitrogens with one attached hydrogen (secondary N) is 1. The second-order valence-corrected chi connectivity index (χ2v) is 9.63. The van der Waals surface area contributed by atoms with E-state index < -0.39 is 0 Å². The van der Waals surface area contributed by atoms with Gasteiger partial charge in [0, 0.05) is 19.2 Å². The summed E-state index contributed by atoms with van der Waals surface area (Å²) in [7, 11) is 0. The van der Waals surface area contributed by atoms with Crippen LogP contribution in [0.15, 0.2) is 18.2 Å². The van der Waals surface area contributed by atoms with E-state index in [1.54, 1.807) is 6.07 Å². The second kappa shape index (κ2) is 7.95. The minimum atomic E-state index is -0.384. The Morgan fingerprint density at radius 3 is 2.69 bits per heavy atom. The summed E-state index contributed by atoms with van der Waals surface area (Å²) < 4.78 is 6.40. The first kappa shape index (κ1) is 20.2. The molecule has 0 aliphatic heterocycles. The van der Waals surface area contributed by atoms with Crippen molar-refractivity contribution in [1.29, 1.82) is 5.26 Å². The monoisotopic (exact) mass is 397 g/mol. The van der Waals surface area contributed by atoms with Crippen LogP contribution in [0.1, 0.15) is 70.3 Å². The van der Waals surface area contributed by atoms with Crippen LogP contribution in [0.3, 0.4) is 0 Å². The predicted octanol–water partition coefficient (Wildman–Crippen LogP) is 5.42. The third kappa shape index (κ3) is 4.40. The molecule has 4 rings (SSSR count). The molecule has 3 fully saturated rings. The third-order valence-corrected chi connectivity index (χ3v) is 7.65. The molecular weight excluding hydrogens is 366 g/mol. The van der Waals surface area contributed by atoms with Crippen molar-refractivity contribution in [3.8, 4) is 6.07 Å². The van der Waals surface area contributed by atoms with E-state index in [9.17, 15) is 10.1 Å². The van der Waals surface area contributed by atoms with Crippen molar-refractivity contribution in [2.45, 2.75) is 70.3 Å². The van der Waals surface area contributed by atoms with Crippen LogP contribution in [0.25, 0.3) is 0 Å². The van der Waals surface area contributed by atoms with Crippen molar-refractivity contribution < 1.29 is 9.66 Å². The summed E-state index contributed by atoms with van der Waals surface area (Å²) >= 11 is 0. The van der Waals surface area contributed by atoms with E-state index in [0.29, 0.717) is 29.1 Å². The average Bonchev–Trinajstić information content (AvgIpc) is 3.45. The summed E-state index contributed by atoms with van der Waals surface area (Å²) in [6.07, 6.45) is 11.0. The summed E-state index contributed by atoms with van der Waals surface area (Å²) in [5.74, 6) is 1.30. The maximum Gasteiger partial charge on any atom is 0.292 e. The SMILES string of the molecule is CC1(OCCC2CCC2)CCC2(CC2)C(CNc2cc(C#N)ccc2[N+](=O)[O-])C1. The molecule has 0 aromatic heterocycles. The fourth-order valence-electron chi connectivity index (χ4n) is 5.19. The maximum absolute atomic E-state index is 11.4. The Hall–Kier alpha value is -2.13. The molecule has 6 nitrogen and oxygen atoms in total. The van der Waals surface area contributed by atoms with Crippen molar-refractivity contribution in [3.05, 3.63) is 33.9 Å². The topological polar surface area (TPSA) is 88.2 Å². The van der Waals surface area contributed by atoms with Crippen LogP contribution in [-0.4, -0.2) is 23.7 Å². The van der Waals surface area contributed by atoms with Gasteiger partial charge in [-0.15, -0.1) is 0 Å². The Balaban J connectivity index is 1.40. The van der Waals surface area contributed by atoms with Gasteiger partial charge in [0.15, 0.2) is 0 Å². The highest BCUT2D eigenvalue weighted by Crippen LogP contribution is 2.61. The van der Waals surface area contributed by atoms with Crippen molar-refractivity contribution in [2.24, 2.45) is 17.3 Å². The average molecular weight is 398 g/mol. The molecule has 3 aliphatic rings. The number of nitro benzene ring substituents is 1. The third-order valence-electron chi connectivity index (χ3n) is 7.65. The molecule has 0 bridgehead atoms. The lowest BCUT2D eigenvalue weighted by molar-refractivity contribution is -0.384. The molecule has 2 unspecified atom stereocenters. The van der Waals surface area contributed by atoms with Crippen molar-refractivity contribution in [3.63, 3.8) is 0 Å². The fraction of sp³-hybridized carbons (Fsp3) is 0.696. The van der Waals surface area contributed by atoms with Gasteiger partial charge in [0.2, 0.25) is 0 Å². The van der Waals surface area contributed by atoms with Gasteiger partial charge in [-0.1, -0.05) is 19.3 Å². The van der Waals surface area contributed by atoms with Crippen LogP contribution >= 0.6 is 0 Å². The molecule has 1 aromatic rings. The lowest BCUT2D eigenvalue weighted by Crippen LogP contribution is -2.42. The lowest BCUT2D eigenvalue weighted by Gasteiger charge is -2.44. The van der Waals surface area contributed by atoms with Crippen molar-refractivity contribution in [2.75, 3.05) is 18.5 Å². The van der Waals surface area contributed by atoms with Gasteiger partial charge in [0.1, 0.15) is 5.69 Å². The molecule has 6 heteroatoms. The quantitative estimate of drug-likeness (QED) is 0.467. The fourth-order valence-corrected chi connectivity index (χ4v) is 5.19. The molecule has 3 aliphatic carbocycles. The summed E-state index contributed by atoms with van der Waals surface area (Å²) in [4.78, 5) is 11.0. The number of hydrogen-bond acceptors (Lipinski definition) is 5. The van der Waals surface area contributed by atoms with E-state index in [1.165, 1.54) is 57.1 Å². The standard InChI is InChI=1S/C23H31N3O3/c1-22(29-12-7-17-3-2-4-17)8-9-23(10-11-23)19(14-22)16-25-20-13-18(15-24)5-6-21(20)26(27)28/h5-6,13,17,19,25H,2-4,7-12,14,16H2,1H3. The zero-order chi connectivity index (χ0) is 20.5. The van der Waals surface area contributed by atoms with Crippen LogP contribution in [0.4, 0.5) is 11.4 Å². The van der Waals surface area contributed by atoms with Crippen LogP contribution < -0.4 is 5.32 Å². The first-order chi connectivity index (χ1) is 13.9. The van der Waals surface area contributed by atoms with Gasteiger partial charge >= 0.3 is 0 Å². The molecule has 1 spiro atoms. The molecule has 0 saturated heterocycles. The summed E-state index contributed by atoms with van der Waals surface area (Å²) in [6, 6.07) is 6.58. The van der Waals surface area contributed by atoms with E-state index in [2.05, 4.69) is 18.3 Å². The molecule has 0 radical (unpaired) electrons. The van der Waals surface area contributed by atoms with E-state index in [0.717, 1.165) is 25.4 Å². The molecule has 1 aromatic carbocycles. The molecule has 156 valence electrons. The van der Waals surface area contributed by atoms with Gasteiger partial charge in [-0.05, 0) is 74.8 Å². The number of ether oxygens (including phenoxy) is 1. The normalized spacial score (nSPS) is 27.8. The van der Waals surface area contributed by atoms with Gasteiger partial charge in [0.05, 0.1) is 22.2 Å². The molecule has 2 atom stereocenters. The maximum atomic E-state index is 11.4. The largest absolute Gasteiger partial charge is 0.379 e. The first-order valence-electron chi connectivity index (χ1n) is 11.0. The number of nitro groups is 1. The highest BCUT2D eigenvalue weighted by atomic mass is 16.6. The van der Waals surface area contributed by atoms with Gasteiger partial charge < -0.3 is 10.1 Å².